The molecule has 0 amide bonds. The number of hydroxylamine groups is 1. The lowest BCUT2D eigenvalue weighted by Crippen LogP contribution is -3.13. The molecule has 1 saturated heterocycles. The van der Waals surface area contributed by atoms with Crippen molar-refractivity contribution in [3.63, 3.8) is 0 Å². The van der Waals surface area contributed by atoms with Crippen molar-refractivity contribution in [2.45, 2.75) is 51.1 Å². The van der Waals surface area contributed by atoms with Crippen LogP contribution < -0.4 is 10.6 Å². The average Bonchev–Trinajstić information content (AvgIpc) is 2.47. The minimum Gasteiger partial charge on any atom is -0.612 e. The monoisotopic (exact) mass is 185 g/mol. The van der Waals surface area contributed by atoms with Gasteiger partial charge in [-0.1, -0.05) is 24.4 Å². The summed E-state index contributed by atoms with van der Waals surface area (Å²) in [6.45, 7) is 2.75. The lowest BCUT2D eigenvalue weighted by Gasteiger charge is -2.34. The van der Waals surface area contributed by atoms with Crippen LogP contribution in [0.4, 0.5) is 0 Å². The van der Waals surface area contributed by atoms with Crippen LogP contribution in [0.2, 0.25) is 0 Å². The summed E-state index contributed by atoms with van der Waals surface area (Å²) < 4.78 is 0. The summed E-state index contributed by atoms with van der Waals surface area (Å²) in [5, 5.41) is 13.7. The highest BCUT2D eigenvalue weighted by atomic mass is 16.6. The maximum absolute atomic E-state index is 11.5. The molecule has 0 aromatic rings. The standard InChI is InChI=1S/C9H19N3O/c1-8-7-11(13)12(10-8)9-5-3-2-4-6-9/h8-11H,2-7H2,1H3. The van der Waals surface area contributed by atoms with Gasteiger partial charge in [-0.3, -0.25) is 5.17 Å². The number of hydrogen-bond donors (Lipinski definition) is 2. The quantitative estimate of drug-likeness (QED) is 0.557. The second-order valence-electron chi connectivity index (χ2n) is 4.29. The van der Waals surface area contributed by atoms with Crippen LogP contribution in [0.15, 0.2) is 0 Å². The van der Waals surface area contributed by atoms with Crippen molar-refractivity contribution in [3.8, 4) is 0 Å². The van der Waals surface area contributed by atoms with E-state index in [4.69, 9.17) is 0 Å². The Kier molecular flexibility index (Phi) is 2.83. The third kappa shape index (κ3) is 2.02. The normalized spacial score (nSPS) is 38.3. The number of hydrogen-bond acceptors (Lipinski definition) is 3. The van der Waals surface area contributed by atoms with Crippen LogP contribution in [0.5, 0.6) is 0 Å². The Morgan fingerprint density at radius 2 is 2.00 bits per heavy atom. The third-order valence-corrected chi connectivity index (χ3v) is 3.05. The highest BCUT2D eigenvalue weighted by Crippen LogP contribution is 2.20. The van der Waals surface area contributed by atoms with Gasteiger partial charge < -0.3 is 5.21 Å². The zero-order valence-corrected chi connectivity index (χ0v) is 8.25. The van der Waals surface area contributed by atoms with Crippen LogP contribution in [-0.2, 0) is 0 Å². The molecule has 0 bridgehead atoms. The Bertz CT molecular complexity index is 170. The van der Waals surface area contributed by atoms with Crippen LogP contribution in [0.1, 0.15) is 39.0 Å². The van der Waals surface area contributed by atoms with E-state index in [0.29, 0.717) is 23.8 Å². The fourth-order valence-corrected chi connectivity index (χ4v) is 2.36. The molecule has 1 heterocycles. The zero-order valence-electron chi connectivity index (χ0n) is 8.25. The van der Waals surface area contributed by atoms with Crippen LogP contribution in [0.25, 0.3) is 0 Å². The molecule has 1 aliphatic heterocycles. The average molecular weight is 185 g/mol. The number of nitrogens with zero attached hydrogens (tertiary/aromatic N) is 1. The topological polar surface area (TPSA) is 42.8 Å². The molecule has 2 unspecified atom stereocenters. The van der Waals surface area contributed by atoms with Crippen molar-refractivity contribution in [1.29, 1.82) is 0 Å². The third-order valence-electron chi connectivity index (χ3n) is 3.05. The predicted molar refractivity (Wildman–Crippen MR) is 50.5 cm³/mol. The van der Waals surface area contributed by atoms with Crippen LogP contribution in [0, 0.1) is 5.21 Å². The minimum atomic E-state index is 0.291. The van der Waals surface area contributed by atoms with E-state index in [9.17, 15) is 5.21 Å². The Hall–Kier alpha value is -0.160. The summed E-state index contributed by atoms with van der Waals surface area (Å²) in [7, 11) is 0. The molecule has 1 saturated carbocycles. The van der Waals surface area contributed by atoms with Crippen molar-refractivity contribution in [2.24, 2.45) is 0 Å². The molecule has 0 spiro atoms. The predicted octanol–water partition coefficient (Wildman–Crippen LogP) is -0.174. The summed E-state index contributed by atoms with van der Waals surface area (Å²) in [6, 6.07) is 0.820. The van der Waals surface area contributed by atoms with E-state index in [1.807, 2.05) is 5.12 Å². The van der Waals surface area contributed by atoms with Gasteiger partial charge in [0.05, 0.1) is 12.1 Å². The fourth-order valence-electron chi connectivity index (χ4n) is 2.36. The van der Waals surface area contributed by atoms with Gasteiger partial charge in [0.25, 0.3) is 0 Å². The first kappa shape index (κ1) is 9.40. The molecule has 2 aliphatic rings. The van der Waals surface area contributed by atoms with E-state index in [-0.39, 0.29) is 0 Å². The molecule has 13 heavy (non-hydrogen) atoms. The lowest BCUT2D eigenvalue weighted by molar-refractivity contribution is -0.967. The maximum Gasteiger partial charge on any atom is 0.113 e. The minimum absolute atomic E-state index is 0.291. The number of nitrogens with one attached hydrogen (secondary N) is 2. The lowest BCUT2D eigenvalue weighted by atomic mass is 9.96. The second-order valence-corrected chi connectivity index (χ2v) is 4.29. The summed E-state index contributed by atoms with van der Waals surface area (Å²) in [5.74, 6) is 0. The van der Waals surface area contributed by atoms with Gasteiger partial charge in [0.15, 0.2) is 0 Å². The second kappa shape index (κ2) is 3.92. The first-order chi connectivity index (χ1) is 6.27. The molecule has 2 N–H and O–H groups in total. The molecule has 4 heteroatoms. The summed E-state index contributed by atoms with van der Waals surface area (Å²) in [5.41, 5.74) is 3.26. The van der Waals surface area contributed by atoms with Crippen LogP contribution >= 0.6 is 0 Å². The number of rotatable bonds is 1. The van der Waals surface area contributed by atoms with Crippen molar-refractivity contribution < 1.29 is 5.17 Å². The first-order valence-electron chi connectivity index (χ1n) is 5.35. The zero-order chi connectivity index (χ0) is 9.26. The largest absolute Gasteiger partial charge is 0.612 e. The van der Waals surface area contributed by atoms with Crippen LogP contribution in [-0.4, -0.2) is 23.7 Å². The van der Waals surface area contributed by atoms with E-state index in [2.05, 4.69) is 12.3 Å². The molecule has 0 aromatic heterocycles. The molecular weight excluding hydrogens is 166 g/mol. The molecule has 4 nitrogen and oxygen atoms in total. The van der Waals surface area contributed by atoms with E-state index in [1.54, 1.807) is 0 Å². The summed E-state index contributed by atoms with van der Waals surface area (Å²) in [4.78, 5) is 0. The molecule has 2 rings (SSSR count). The molecule has 1 aliphatic carbocycles. The van der Waals surface area contributed by atoms with Gasteiger partial charge in [-0.05, 0) is 19.8 Å². The smallest absolute Gasteiger partial charge is 0.113 e. The van der Waals surface area contributed by atoms with E-state index >= 15 is 0 Å². The molecule has 76 valence electrons. The van der Waals surface area contributed by atoms with Crippen LogP contribution in [0.3, 0.4) is 0 Å². The Morgan fingerprint density at radius 1 is 1.31 bits per heavy atom. The number of hydrazine groups is 1. The van der Waals surface area contributed by atoms with Crippen molar-refractivity contribution in [3.05, 3.63) is 5.21 Å². The molecule has 0 radical (unpaired) electrons. The van der Waals surface area contributed by atoms with Crippen molar-refractivity contribution in [1.82, 2.24) is 10.5 Å². The SMILES string of the molecule is CC1C[NH+]([O-])N(C2CCCCC2)N1. The van der Waals surface area contributed by atoms with E-state index in [1.165, 1.54) is 32.1 Å². The van der Waals surface area contributed by atoms with E-state index < -0.39 is 0 Å². The van der Waals surface area contributed by atoms with Gasteiger partial charge >= 0.3 is 0 Å². The van der Waals surface area contributed by atoms with Gasteiger partial charge in [-0.2, -0.15) is 0 Å². The maximum atomic E-state index is 11.5. The van der Waals surface area contributed by atoms with Gasteiger partial charge in [0.2, 0.25) is 0 Å². The molecular formula is C9H19N3O. The Balaban J connectivity index is 1.91. The Labute approximate surface area is 79.4 Å². The molecule has 0 aromatic carbocycles. The van der Waals surface area contributed by atoms with Crippen molar-refractivity contribution >= 4 is 0 Å². The first-order valence-corrected chi connectivity index (χ1v) is 5.35. The van der Waals surface area contributed by atoms with Gasteiger partial charge in [0, 0.05) is 0 Å². The molecule has 2 atom stereocenters. The summed E-state index contributed by atoms with van der Waals surface area (Å²) in [6.07, 6.45) is 6.28. The van der Waals surface area contributed by atoms with Gasteiger partial charge in [0.1, 0.15) is 6.54 Å². The van der Waals surface area contributed by atoms with Gasteiger partial charge in [-0.25, -0.2) is 5.43 Å². The fraction of sp³-hybridized carbons (Fsp3) is 1.00. The Morgan fingerprint density at radius 3 is 2.54 bits per heavy atom. The van der Waals surface area contributed by atoms with Gasteiger partial charge in [-0.15, -0.1) is 0 Å². The highest BCUT2D eigenvalue weighted by molar-refractivity contribution is 4.72. The highest BCUT2D eigenvalue weighted by Gasteiger charge is 2.32. The van der Waals surface area contributed by atoms with Crippen molar-refractivity contribution in [2.75, 3.05) is 6.54 Å². The van der Waals surface area contributed by atoms with E-state index in [0.717, 1.165) is 0 Å². The molecule has 2 fully saturated rings. The summed E-state index contributed by atoms with van der Waals surface area (Å²) >= 11 is 0. The number of quaternary nitrogens is 1.